The summed E-state index contributed by atoms with van der Waals surface area (Å²) in [6.07, 6.45) is 0. The molecule has 1 atom stereocenters. The topological polar surface area (TPSA) is 72.7 Å². The molecule has 28 heavy (non-hydrogen) atoms. The molecule has 0 aliphatic carbocycles. The summed E-state index contributed by atoms with van der Waals surface area (Å²) in [5.41, 5.74) is 3.73. The van der Waals surface area contributed by atoms with Crippen molar-refractivity contribution in [3.8, 4) is 11.1 Å². The number of carbonyl (C=O) groups excluding carboxylic acids is 2. The second-order valence-electron chi connectivity index (χ2n) is 6.89. The number of fused-ring (bicyclic) bond motifs is 1. The quantitative estimate of drug-likeness (QED) is 0.672. The Morgan fingerprint density at radius 1 is 1.14 bits per heavy atom. The number of nitrogens with one attached hydrogen (secondary N) is 2. The molecule has 1 amide bonds. The molecule has 2 aromatic carbocycles. The second kappa shape index (κ2) is 7.78. The van der Waals surface area contributed by atoms with Crippen molar-refractivity contribution < 1.29 is 19.2 Å². The van der Waals surface area contributed by atoms with Gasteiger partial charge in [-0.3, -0.25) is 4.79 Å². The summed E-state index contributed by atoms with van der Waals surface area (Å²) in [5.74, 6) is -0.391. The van der Waals surface area contributed by atoms with Gasteiger partial charge >= 0.3 is 5.97 Å². The molecule has 3 aromatic rings. The Morgan fingerprint density at radius 2 is 1.89 bits per heavy atom. The van der Waals surface area contributed by atoms with Crippen molar-refractivity contribution in [3.05, 3.63) is 65.9 Å². The van der Waals surface area contributed by atoms with Crippen LogP contribution in [-0.4, -0.2) is 43.6 Å². The van der Waals surface area contributed by atoms with Crippen molar-refractivity contribution in [2.75, 3.05) is 26.7 Å². The lowest BCUT2D eigenvalue weighted by molar-refractivity contribution is -0.907. The molecule has 1 aliphatic rings. The molecule has 6 nitrogen and oxygen atoms in total. The first-order valence-corrected chi connectivity index (χ1v) is 9.33. The van der Waals surface area contributed by atoms with Gasteiger partial charge in [0.05, 0.1) is 31.3 Å². The number of esters is 1. The maximum Gasteiger partial charge on any atom is 0.340 e. The Hall–Kier alpha value is -3.25. The van der Waals surface area contributed by atoms with E-state index in [9.17, 15) is 9.59 Å². The lowest BCUT2D eigenvalue weighted by Crippen LogP contribution is -3.14. The average Bonchev–Trinajstić information content (AvgIpc) is 2.73. The van der Waals surface area contributed by atoms with Gasteiger partial charge in [0, 0.05) is 10.9 Å². The molecule has 1 aromatic heterocycles. The minimum atomic E-state index is -0.409. The van der Waals surface area contributed by atoms with Crippen LogP contribution in [0.15, 0.2) is 54.6 Å². The molecule has 142 valence electrons. The average molecular weight is 376 g/mol. The van der Waals surface area contributed by atoms with Crippen LogP contribution in [0.5, 0.6) is 0 Å². The summed E-state index contributed by atoms with van der Waals surface area (Å²) in [6.45, 7) is 2.28. The van der Waals surface area contributed by atoms with E-state index in [2.05, 4.69) is 5.32 Å². The van der Waals surface area contributed by atoms with Crippen LogP contribution in [0.25, 0.3) is 22.0 Å². The number of methoxy groups -OCH3 is 1. The summed E-state index contributed by atoms with van der Waals surface area (Å²) >= 11 is 0. The molecule has 0 bridgehead atoms. The van der Waals surface area contributed by atoms with Gasteiger partial charge in [0.15, 0.2) is 6.54 Å². The number of pyridine rings is 1. The molecule has 1 unspecified atom stereocenters. The highest BCUT2D eigenvalue weighted by atomic mass is 16.5. The fourth-order valence-corrected chi connectivity index (χ4v) is 3.76. The number of ether oxygens (including phenoxy) is 1. The molecule has 2 heterocycles. The molecule has 0 radical (unpaired) electrons. The molecular weight excluding hydrogens is 354 g/mol. The molecule has 0 spiro atoms. The number of hydrogen-bond acceptors (Lipinski definition) is 4. The van der Waals surface area contributed by atoms with Crippen LogP contribution >= 0.6 is 0 Å². The number of amides is 1. The molecule has 4 rings (SSSR count). The first-order chi connectivity index (χ1) is 13.7. The van der Waals surface area contributed by atoms with Gasteiger partial charge in [0.25, 0.3) is 5.91 Å². The molecule has 1 aliphatic heterocycles. The second-order valence-corrected chi connectivity index (χ2v) is 6.89. The van der Waals surface area contributed by atoms with Crippen LogP contribution in [0.4, 0.5) is 0 Å². The maximum absolute atomic E-state index is 12.8. The van der Waals surface area contributed by atoms with Crippen molar-refractivity contribution in [2.24, 2.45) is 0 Å². The van der Waals surface area contributed by atoms with Crippen molar-refractivity contribution in [2.45, 2.75) is 6.54 Å². The summed E-state index contributed by atoms with van der Waals surface area (Å²) in [6, 6.07) is 17.6. The maximum atomic E-state index is 12.8. The Morgan fingerprint density at radius 3 is 2.64 bits per heavy atom. The number of hydrogen-bond donors (Lipinski definition) is 2. The number of piperazine rings is 1. The third-order valence-corrected chi connectivity index (χ3v) is 5.05. The third kappa shape index (κ3) is 3.46. The smallest absolute Gasteiger partial charge is 0.340 e. The van der Waals surface area contributed by atoms with E-state index < -0.39 is 5.97 Å². The number of nitrogens with zero attached hydrogens (tertiary/aromatic N) is 1. The Bertz CT molecular complexity index is 1030. The summed E-state index contributed by atoms with van der Waals surface area (Å²) < 4.78 is 5.13. The zero-order valence-corrected chi connectivity index (χ0v) is 15.7. The van der Waals surface area contributed by atoms with Crippen LogP contribution in [0, 0.1) is 0 Å². The SMILES string of the molecule is COC(=O)c1c(C[NH+]2CCNC(=O)C2)nc2ccccc2c1-c1ccccc1. The Labute approximate surface area is 163 Å². The van der Waals surface area contributed by atoms with Gasteiger partial charge in [-0.25, -0.2) is 9.78 Å². The van der Waals surface area contributed by atoms with Crippen molar-refractivity contribution >= 4 is 22.8 Å². The highest BCUT2D eigenvalue weighted by Gasteiger charge is 2.27. The van der Waals surface area contributed by atoms with Crippen LogP contribution in [0.3, 0.4) is 0 Å². The standard InChI is InChI=1S/C22H21N3O3/c1-28-22(27)21-18(13-25-12-11-23-19(26)14-25)24-17-10-6-5-9-16(17)20(21)15-7-3-2-4-8-15/h2-10H,11-14H2,1H3,(H,23,26)/p+1. The lowest BCUT2D eigenvalue weighted by atomic mass is 9.94. The van der Waals surface area contributed by atoms with E-state index in [0.29, 0.717) is 30.9 Å². The molecular formula is C22H22N3O3+. The van der Waals surface area contributed by atoms with E-state index in [-0.39, 0.29) is 5.91 Å². The van der Waals surface area contributed by atoms with Crippen LogP contribution in [0.2, 0.25) is 0 Å². The normalized spacial score (nSPS) is 16.6. The van der Waals surface area contributed by atoms with Crippen molar-refractivity contribution in [1.29, 1.82) is 0 Å². The van der Waals surface area contributed by atoms with Gasteiger partial charge in [-0.1, -0.05) is 48.5 Å². The van der Waals surface area contributed by atoms with Gasteiger partial charge in [-0.05, 0) is 11.6 Å². The zero-order valence-electron chi connectivity index (χ0n) is 15.7. The zero-order chi connectivity index (χ0) is 19.5. The van der Waals surface area contributed by atoms with E-state index in [4.69, 9.17) is 9.72 Å². The van der Waals surface area contributed by atoms with Gasteiger partial charge < -0.3 is 15.0 Å². The van der Waals surface area contributed by atoms with Gasteiger partial charge in [0.2, 0.25) is 0 Å². The fraction of sp³-hybridized carbons (Fsp3) is 0.227. The van der Waals surface area contributed by atoms with E-state index in [1.807, 2.05) is 54.6 Å². The van der Waals surface area contributed by atoms with Gasteiger partial charge in [-0.2, -0.15) is 0 Å². The largest absolute Gasteiger partial charge is 0.465 e. The number of para-hydroxylation sites is 1. The van der Waals surface area contributed by atoms with E-state index in [1.54, 1.807) is 0 Å². The predicted octanol–water partition coefficient (Wildman–Crippen LogP) is 1.20. The number of benzene rings is 2. The summed E-state index contributed by atoms with van der Waals surface area (Å²) in [7, 11) is 1.39. The number of rotatable bonds is 4. The van der Waals surface area contributed by atoms with E-state index >= 15 is 0 Å². The lowest BCUT2D eigenvalue weighted by Gasteiger charge is -2.24. The summed E-state index contributed by atoms with van der Waals surface area (Å²) in [4.78, 5) is 30.5. The van der Waals surface area contributed by atoms with Crippen LogP contribution in [0.1, 0.15) is 16.1 Å². The van der Waals surface area contributed by atoms with Gasteiger partial charge in [-0.15, -0.1) is 0 Å². The van der Waals surface area contributed by atoms with Crippen LogP contribution in [-0.2, 0) is 16.1 Å². The number of quaternary nitrogens is 1. The molecule has 0 saturated carbocycles. The number of carbonyl (C=O) groups is 2. The first kappa shape index (κ1) is 18.1. The Kier molecular flexibility index (Phi) is 5.04. The fourth-order valence-electron chi connectivity index (χ4n) is 3.76. The highest BCUT2D eigenvalue weighted by molar-refractivity contribution is 6.07. The van der Waals surface area contributed by atoms with Crippen molar-refractivity contribution in [1.82, 2.24) is 10.3 Å². The minimum absolute atomic E-state index is 0.0185. The summed E-state index contributed by atoms with van der Waals surface area (Å²) in [5, 5.41) is 3.75. The predicted molar refractivity (Wildman–Crippen MR) is 106 cm³/mol. The van der Waals surface area contributed by atoms with E-state index in [0.717, 1.165) is 33.5 Å². The van der Waals surface area contributed by atoms with E-state index in [1.165, 1.54) is 7.11 Å². The molecule has 1 fully saturated rings. The minimum Gasteiger partial charge on any atom is -0.465 e. The molecule has 2 N–H and O–H groups in total. The Balaban J connectivity index is 1.93. The van der Waals surface area contributed by atoms with Crippen molar-refractivity contribution in [3.63, 3.8) is 0 Å². The third-order valence-electron chi connectivity index (χ3n) is 5.05. The molecule has 1 saturated heterocycles. The highest BCUT2D eigenvalue weighted by Crippen LogP contribution is 2.33. The molecule has 6 heteroatoms. The van der Waals surface area contributed by atoms with Gasteiger partial charge in [0.1, 0.15) is 12.2 Å². The van der Waals surface area contributed by atoms with Crippen LogP contribution < -0.4 is 10.2 Å². The number of aromatic nitrogens is 1. The first-order valence-electron chi connectivity index (χ1n) is 9.33. The monoisotopic (exact) mass is 376 g/mol.